The Labute approximate surface area is 374 Å². The third-order valence-electron chi connectivity index (χ3n) is 15.5. The number of hydrogen-bond acceptors (Lipinski definition) is 2. The molecule has 0 aromatic heterocycles. The highest BCUT2D eigenvalue weighted by Gasteiger charge is 2.43. The molecule has 0 bridgehead atoms. The van der Waals surface area contributed by atoms with Gasteiger partial charge in [-0.3, -0.25) is 0 Å². The summed E-state index contributed by atoms with van der Waals surface area (Å²) in [6.45, 7) is 9.91. The highest BCUT2D eigenvalue weighted by atomic mass is 15.2. The summed E-state index contributed by atoms with van der Waals surface area (Å²) in [6.07, 6.45) is 38.4. The van der Waals surface area contributed by atoms with Crippen molar-refractivity contribution >= 4 is 38.6 Å². The van der Waals surface area contributed by atoms with Crippen molar-refractivity contribution in [3.8, 4) is 11.1 Å². The molecule has 0 aliphatic heterocycles. The van der Waals surface area contributed by atoms with Crippen molar-refractivity contribution in [1.82, 2.24) is 0 Å². The first-order chi connectivity index (χ1) is 30.8. The lowest BCUT2D eigenvalue weighted by atomic mass is 9.60. The number of rotatable bonds is 9. The summed E-state index contributed by atoms with van der Waals surface area (Å²) in [5, 5.41) is 5.84. The van der Waals surface area contributed by atoms with Gasteiger partial charge in [-0.25, -0.2) is 0 Å². The van der Waals surface area contributed by atoms with E-state index in [1.807, 2.05) is 0 Å². The highest BCUT2D eigenvalue weighted by Crippen LogP contribution is 2.59. The molecule has 0 saturated heterocycles. The maximum Gasteiger partial charge on any atom is 0.0539 e. The van der Waals surface area contributed by atoms with Crippen LogP contribution in [0.4, 0.5) is 17.1 Å². The van der Waals surface area contributed by atoms with Crippen LogP contribution in [0, 0.1) is 11.3 Å². The second-order valence-corrected chi connectivity index (χ2v) is 20.0. The fourth-order valence-corrected chi connectivity index (χ4v) is 12.0. The molecular formula is C61H58N2. The molecule has 312 valence electrons. The lowest BCUT2D eigenvalue weighted by molar-refractivity contribution is 0.244. The quantitative estimate of drug-likeness (QED) is 0.137. The van der Waals surface area contributed by atoms with Gasteiger partial charge in [0.25, 0.3) is 0 Å². The standard InChI is InChI=1S/C61H58N2/c1-39(2)51-38-57(63(55-22-14-19-44-35-52(44)55)48-29-25-43(26-30-48)41-17-10-6-11-18-41)53-37-54-58-45(33-34-61(54,3)4)36-56(50-32-31-49(51)59(53)60(50)58)62(46-20-12-7-13-21-46)47-27-23-42(24-28-47)40-15-8-5-9-16-40/h5-6,8,10-12,14-15,17-23,25-27,29-32,35-36,38-39,52,54H,7,9,13,16,24,28,33-34,37H2,1-4H3. The fourth-order valence-electron chi connectivity index (χ4n) is 12.0. The Morgan fingerprint density at radius 2 is 1.49 bits per heavy atom. The Bertz CT molecular complexity index is 3020. The van der Waals surface area contributed by atoms with E-state index in [0.29, 0.717) is 17.8 Å². The smallest absolute Gasteiger partial charge is 0.0539 e. The first-order valence-electron chi connectivity index (χ1n) is 23.9. The van der Waals surface area contributed by atoms with Crippen LogP contribution in [0.3, 0.4) is 0 Å². The van der Waals surface area contributed by atoms with E-state index in [9.17, 15) is 0 Å². The summed E-state index contributed by atoms with van der Waals surface area (Å²) in [7, 11) is 0. The van der Waals surface area contributed by atoms with E-state index in [0.717, 1.165) is 51.4 Å². The number of hydrogen-bond donors (Lipinski definition) is 0. The molecule has 0 N–H and O–H groups in total. The van der Waals surface area contributed by atoms with Crippen LogP contribution < -0.4 is 9.80 Å². The predicted molar refractivity (Wildman–Crippen MR) is 268 cm³/mol. The van der Waals surface area contributed by atoms with Crippen LogP contribution in [0.5, 0.6) is 0 Å². The summed E-state index contributed by atoms with van der Waals surface area (Å²) >= 11 is 0. The zero-order chi connectivity index (χ0) is 42.4. The number of nitrogens with zero attached hydrogens (tertiary/aromatic N) is 2. The molecule has 5 aromatic carbocycles. The van der Waals surface area contributed by atoms with Crippen molar-refractivity contribution in [2.24, 2.45) is 11.3 Å². The van der Waals surface area contributed by atoms with E-state index in [2.05, 4.69) is 189 Å². The molecule has 7 aliphatic rings. The van der Waals surface area contributed by atoms with E-state index >= 15 is 0 Å². The van der Waals surface area contributed by atoms with E-state index in [1.54, 1.807) is 11.1 Å². The van der Waals surface area contributed by atoms with Gasteiger partial charge in [0.2, 0.25) is 0 Å². The van der Waals surface area contributed by atoms with E-state index in [4.69, 9.17) is 0 Å². The maximum absolute atomic E-state index is 2.68. The van der Waals surface area contributed by atoms with Crippen LogP contribution in [0.25, 0.3) is 32.7 Å². The normalized spacial score (nSPS) is 21.4. The number of fused-ring (bicyclic) bond motifs is 1. The predicted octanol–water partition coefficient (Wildman–Crippen LogP) is 16.5. The van der Waals surface area contributed by atoms with E-state index in [1.165, 1.54) is 101 Å². The fraction of sp³-hybridized carbons (Fsp3) is 0.279. The Balaban J connectivity index is 1.12. The summed E-state index contributed by atoms with van der Waals surface area (Å²) < 4.78 is 0. The van der Waals surface area contributed by atoms with Gasteiger partial charge in [-0.1, -0.05) is 137 Å². The second kappa shape index (κ2) is 15.0. The van der Waals surface area contributed by atoms with Crippen LogP contribution >= 0.6 is 0 Å². The zero-order valence-electron chi connectivity index (χ0n) is 37.4. The third-order valence-corrected chi connectivity index (χ3v) is 15.5. The molecule has 0 spiro atoms. The van der Waals surface area contributed by atoms with Gasteiger partial charge < -0.3 is 9.80 Å². The minimum absolute atomic E-state index is 0.167. The number of allylic oxidation sites excluding steroid dienone is 15. The van der Waals surface area contributed by atoms with E-state index < -0.39 is 0 Å². The molecule has 2 atom stereocenters. The van der Waals surface area contributed by atoms with Gasteiger partial charge in [0.1, 0.15) is 0 Å². The molecule has 2 unspecified atom stereocenters. The molecular weight excluding hydrogens is 761 g/mol. The highest BCUT2D eigenvalue weighted by molar-refractivity contribution is 6.19. The molecule has 2 heteroatoms. The van der Waals surface area contributed by atoms with Gasteiger partial charge in [0, 0.05) is 39.8 Å². The first-order valence-corrected chi connectivity index (χ1v) is 23.9. The molecule has 7 aliphatic carbocycles. The Kier molecular flexibility index (Phi) is 9.19. The molecule has 0 heterocycles. The van der Waals surface area contributed by atoms with Crippen molar-refractivity contribution in [1.29, 1.82) is 0 Å². The Morgan fingerprint density at radius 3 is 2.25 bits per heavy atom. The minimum Gasteiger partial charge on any atom is -0.314 e. The van der Waals surface area contributed by atoms with E-state index in [-0.39, 0.29) is 5.41 Å². The largest absolute Gasteiger partial charge is 0.314 e. The minimum atomic E-state index is 0.167. The molecule has 2 nitrogen and oxygen atoms in total. The molecule has 0 fully saturated rings. The summed E-state index contributed by atoms with van der Waals surface area (Å²) in [5.41, 5.74) is 21.3. The van der Waals surface area contributed by atoms with Crippen molar-refractivity contribution in [2.45, 2.75) is 97.3 Å². The maximum atomic E-state index is 2.68. The van der Waals surface area contributed by atoms with Gasteiger partial charge in [0.05, 0.1) is 5.69 Å². The van der Waals surface area contributed by atoms with Crippen LogP contribution in [0.1, 0.15) is 107 Å². The molecule has 0 radical (unpaired) electrons. The molecule has 5 aromatic rings. The lowest BCUT2D eigenvalue weighted by Crippen LogP contribution is -2.33. The number of aryl methyl sites for hydroxylation is 1. The SMILES string of the molecule is CC(C)c1cc(N(C2=CC=CC3=CC32)c2ccc(-c3ccccc3)cc2)c2c3c1ccc1c(N(C4=CCCC=C4)C4=CC=C(C5=CC=CCC5)CC4)cc4c(c13)C(C2)C(C)(C)CC4. The molecule has 0 amide bonds. The van der Waals surface area contributed by atoms with Gasteiger partial charge in [-0.05, 0) is 184 Å². The van der Waals surface area contributed by atoms with Crippen molar-refractivity contribution in [3.63, 3.8) is 0 Å². The van der Waals surface area contributed by atoms with Gasteiger partial charge in [-0.15, -0.1) is 0 Å². The molecule has 63 heavy (non-hydrogen) atoms. The summed E-state index contributed by atoms with van der Waals surface area (Å²) in [5.74, 6) is 1.13. The van der Waals surface area contributed by atoms with Crippen LogP contribution in [-0.4, -0.2) is 0 Å². The summed E-state index contributed by atoms with van der Waals surface area (Å²) in [6, 6.07) is 30.5. The molecule has 12 rings (SSSR count). The topological polar surface area (TPSA) is 6.48 Å². The molecule has 0 saturated carbocycles. The van der Waals surface area contributed by atoms with Crippen LogP contribution in [-0.2, 0) is 12.8 Å². The van der Waals surface area contributed by atoms with Crippen LogP contribution in [0.15, 0.2) is 186 Å². The first kappa shape index (κ1) is 38.5. The van der Waals surface area contributed by atoms with Gasteiger partial charge >= 0.3 is 0 Å². The van der Waals surface area contributed by atoms with Gasteiger partial charge in [0.15, 0.2) is 0 Å². The summed E-state index contributed by atoms with van der Waals surface area (Å²) in [4.78, 5) is 5.34. The Hall–Kier alpha value is -6.12. The van der Waals surface area contributed by atoms with Crippen LogP contribution in [0.2, 0.25) is 0 Å². The number of anilines is 3. The third kappa shape index (κ3) is 6.43. The average Bonchev–Trinajstić information content (AvgIpc) is 4.13. The van der Waals surface area contributed by atoms with Crippen molar-refractivity contribution in [2.75, 3.05) is 9.80 Å². The second-order valence-electron chi connectivity index (χ2n) is 20.0. The van der Waals surface area contributed by atoms with Crippen molar-refractivity contribution < 1.29 is 0 Å². The number of benzene rings is 5. The lowest BCUT2D eigenvalue weighted by Gasteiger charge is -2.45. The Morgan fingerprint density at radius 1 is 0.667 bits per heavy atom. The monoisotopic (exact) mass is 818 g/mol. The zero-order valence-corrected chi connectivity index (χ0v) is 37.4. The average molecular weight is 819 g/mol. The van der Waals surface area contributed by atoms with Gasteiger partial charge in [-0.2, -0.15) is 0 Å². The van der Waals surface area contributed by atoms with Crippen molar-refractivity contribution in [3.05, 3.63) is 208 Å².